The number of methoxy groups -OCH3 is 1. The highest BCUT2D eigenvalue weighted by molar-refractivity contribution is 5.94. The molecule has 7 heteroatoms. The Labute approximate surface area is 151 Å². The molecule has 1 aliphatic rings. The quantitative estimate of drug-likeness (QED) is 0.825. The number of esters is 2. The first kappa shape index (κ1) is 19.1. The van der Waals surface area contributed by atoms with Crippen LogP contribution in [0.1, 0.15) is 41.3 Å². The second-order valence-electron chi connectivity index (χ2n) is 5.68. The Morgan fingerprint density at radius 2 is 2.00 bits per heavy atom. The lowest BCUT2D eigenvalue weighted by Crippen LogP contribution is -2.25. The molecule has 2 rings (SSSR count). The number of nitrogens with two attached hydrogens (primary N) is 1. The molecular formula is C19H20N2O5. The molecule has 1 unspecified atom stereocenters. The van der Waals surface area contributed by atoms with E-state index in [2.05, 4.69) is 0 Å². The second-order valence-corrected chi connectivity index (χ2v) is 5.68. The van der Waals surface area contributed by atoms with E-state index in [1.54, 1.807) is 39.0 Å². The average Bonchev–Trinajstić information content (AvgIpc) is 2.61. The van der Waals surface area contributed by atoms with Crippen molar-refractivity contribution in [2.45, 2.75) is 26.7 Å². The molecule has 0 bridgehead atoms. The third-order valence-corrected chi connectivity index (χ3v) is 4.10. The number of allylic oxidation sites excluding steroid dienone is 2. The SMILES string of the molecule is CCOC(=O)C1=C(C)OC(N)=C(C#N)C1c1ccc(C)c(C(=O)OC)c1. The van der Waals surface area contributed by atoms with Crippen molar-refractivity contribution in [3.05, 3.63) is 57.7 Å². The van der Waals surface area contributed by atoms with E-state index in [0.29, 0.717) is 16.7 Å². The smallest absolute Gasteiger partial charge is 0.338 e. The van der Waals surface area contributed by atoms with Gasteiger partial charge in [-0.25, -0.2) is 9.59 Å². The number of nitriles is 1. The van der Waals surface area contributed by atoms with E-state index in [1.165, 1.54) is 7.11 Å². The number of aryl methyl sites for hydroxylation is 1. The largest absolute Gasteiger partial charge is 0.465 e. The molecule has 0 saturated carbocycles. The number of carbonyl (C=O) groups is 2. The highest BCUT2D eigenvalue weighted by atomic mass is 16.5. The van der Waals surface area contributed by atoms with Gasteiger partial charge in [0, 0.05) is 0 Å². The van der Waals surface area contributed by atoms with Crippen LogP contribution in [0.3, 0.4) is 0 Å². The number of ether oxygens (including phenoxy) is 3. The third-order valence-electron chi connectivity index (χ3n) is 4.10. The van der Waals surface area contributed by atoms with Gasteiger partial charge in [-0.15, -0.1) is 0 Å². The molecule has 0 radical (unpaired) electrons. The van der Waals surface area contributed by atoms with Crippen LogP contribution in [0.5, 0.6) is 0 Å². The average molecular weight is 356 g/mol. The minimum atomic E-state index is -0.795. The van der Waals surface area contributed by atoms with Crippen LogP contribution in [0.4, 0.5) is 0 Å². The maximum Gasteiger partial charge on any atom is 0.338 e. The molecule has 0 aliphatic carbocycles. The zero-order valence-electron chi connectivity index (χ0n) is 15.1. The third kappa shape index (κ3) is 3.40. The van der Waals surface area contributed by atoms with Crippen molar-refractivity contribution in [1.29, 1.82) is 5.26 Å². The zero-order chi connectivity index (χ0) is 19.4. The molecule has 0 spiro atoms. The summed E-state index contributed by atoms with van der Waals surface area (Å²) in [5.74, 6) is -1.73. The van der Waals surface area contributed by atoms with Gasteiger partial charge in [0.1, 0.15) is 17.4 Å². The molecule has 1 heterocycles. The first-order valence-corrected chi connectivity index (χ1v) is 8.00. The summed E-state index contributed by atoms with van der Waals surface area (Å²) in [6, 6.07) is 7.04. The summed E-state index contributed by atoms with van der Waals surface area (Å²) in [4.78, 5) is 24.5. The first-order chi connectivity index (χ1) is 12.3. The molecule has 26 heavy (non-hydrogen) atoms. The Hall–Kier alpha value is -3.27. The lowest BCUT2D eigenvalue weighted by molar-refractivity contribution is -0.139. The number of carbonyl (C=O) groups excluding carboxylic acids is 2. The van der Waals surface area contributed by atoms with Crippen LogP contribution in [0, 0.1) is 18.3 Å². The second kappa shape index (κ2) is 7.74. The number of benzene rings is 1. The van der Waals surface area contributed by atoms with Crippen molar-refractivity contribution in [2.75, 3.05) is 13.7 Å². The lowest BCUT2D eigenvalue weighted by Gasteiger charge is -2.27. The molecule has 0 aromatic heterocycles. The Balaban J connectivity index is 2.68. The van der Waals surface area contributed by atoms with Crippen LogP contribution < -0.4 is 5.73 Å². The van der Waals surface area contributed by atoms with Crippen LogP contribution >= 0.6 is 0 Å². The fourth-order valence-corrected chi connectivity index (χ4v) is 2.84. The Kier molecular flexibility index (Phi) is 5.68. The summed E-state index contributed by atoms with van der Waals surface area (Å²) >= 11 is 0. The predicted octanol–water partition coefficient (Wildman–Crippen LogP) is 2.43. The summed E-state index contributed by atoms with van der Waals surface area (Å²) in [5.41, 5.74) is 7.71. The van der Waals surface area contributed by atoms with Crippen LogP contribution in [-0.2, 0) is 19.0 Å². The standard InChI is InChI=1S/C19H20N2O5/c1-5-25-19(23)15-11(3)26-17(21)14(9-20)16(15)12-7-6-10(2)13(8-12)18(22)24-4/h6-8,16H,5,21H2,1-4H3. The molecule has 0 fully saturated rings. The van der Waals surface area contributed by atoms with Gasteiger partial charge in [0.15, 0.2) is 0 Å². The van der Waals surface area contributed by atoms with Crippen molar-refractivity contribution in [3.63, 3.8) is 0 Å². The van der Waals surface area contributed by atoms with E-state index in [0.717, 1.165) is 0 Å². The van der Waals surface area contributed by atoms with Crippen LogP contribution in [0.25, 0.3) is 0 Å². The van der Waals surface area contributed by atoms with Crippen molar-refractivity contribution >= 4 is 11.9 Å². The van der Waals surface area contributed by atoms with Gasteiger partial charge in [-0.05, 0) is 38.0 Å². The molecule has 1 aliphatic heterocycles. The zero-order valence-corrected chi connectivity index (χ0v) is 15.1. The summed E-state index contributed by atoms with van der Waals surface area (Å²) in [6.45, 7) is 5.20. The molecule has 7 nitrogen and oxygen atoms in total. The van der Waals surface area contributed by atoms with E-state index in [4.69, 9.17) is 19.9 Å². The Morgan fingerprint density at radius 1 is 1.31 bits per heavy atom. The highest BCUT2D eigenvalue weighted by Gasteiger charge is 2.36. The van der Waals surface area contributed by atoms with E-state index in [1.807, 2.05) is 6.07 Å². The van der Waals surface area contributed by atoms with E-state index in [-0.39, 0.29) is 29.4 Å². The van der Waals surface area contributed by atoms with Crippen LogP contribution in [-0.4, -0.2) is 25.7 Å². The van der Waals surface area contributed by atoms with Gasteiger partial charge in [0.25, 0.3) is 0 Å². The van der Waals surface area contributed by atoms with Gasteiger partial charge in [-0.3, -0.25) is 0 Å². The van der Waals surface area contributed by atoms with Gasteiger partial charge in [-0.1, -0.05) is 12.1 Å². The van der Waals surface area contributed by atoms with Crippen molar-refractivity contribution < 1.29 is 23.8 Å². The summed E-state index contributed by atoms with van der Waals surface area (Å²) < 4.78 is 15.3. The molecule has 136 valence electrons. The minimum Gasteiger partial charge on any atom is -0.465 e. The fraction of sp³-hybridized carbons (Fsp3) is 0.316. The molecule has 0 saturated heterocycles. The highest BCUT2D eigenvalue weighted by Crippen LogP contribution is 2.40. The topological polar surface area (TPSA) is 112 Å². The molecular weight excluding hydrogens is 336 g/mol. The number of rotatable bonds is 4. The number of hydrogen-bond donors (Lipinski definition) is 1. The molecule has 1 aromatic carbocycles. The van der Waals surface area contributed by atoms with E-state index < -0.39 is 17.9 Å². The monoisotopic (exact) mass is 356 g/mol. The van der Waals surface area contributed by atoms with Gasteiger partial charge < -0.3 is 19.9 Å². The normalized spacial score (nSPS) is 16.7. The maximum atomic E-state index is 12.5. The Bertz CT molecular complexity index is 861. The molecule has 1 aromatic rings. The lowest BCUT2D eigenvalue weighted by atomic mass is 9.82. The van der Waals surface area contributed by atoms with Gasteiger partial charge in [-0.2, -0.15) is 5.26 Å². The molecule has 0 amide bonds. The summed E-state index contributed by atoms with van der Waals surface area (Å²) in [5, 5.41) is 9.55. The number of nitrogens with zero attached hydrogens (tertiary/aromatic N) is 1. The number of hydrogen-bond acceptors (Lipinski definition) is 7. The van der Waals surface area contributed by atoms with Crippen LogP contribution in [0.15, 0.2) is 41.0 Å². The summed E-state index contributed by atoms with van der Waals surface area (Å²) in [7, 11) is 1.29. The van der Waals surface area contributed by atoms with E-state index in [9.17, 15) is 14.9 Å². The van der Waals surface area contributed by atoms with Crippen molar-refractivity contribution in [2.24, 2.45) is 5.73 Å². The van der Waals surface area contributed by atoms with Gasteiger partial charge in [0.2, 0.25) is 5.88 Å². The van der Waals surface area contributed by atoms with Crippen LogP contribution in [0.2, 0.25) is 0 Å². The van der Waals surface area contributed by atoms with Crippen molar-refractivity contribution in [3.8, 4) is 6.07 Å². The van der Waals surface area contributed by atoms with Crippen molar-refractivity contribution in [1.82, 2.24) is 0 Å². The fourth-order valence-electron chi connectivity index (χ4n) is 2.84. The molecule has 1 atom stereocenters. The van der Waals surface area contributed by atoms with E-state index >= 15 is 0 Å². The maximum absolute atomic E-state index is 12.5. The minimum absolute atomic E-state index is 0.0803. The summed E-state index contributed by atoms with van der Waals surface area (Å²) in [6.07, 6.45) is 0. The van der Waals surface area contributed by atoms with Gasteiger partial charge >= 0.3 is 11.9 Å². The predicted molar refractivity (Wildman–Crippen MR) is 92.5 cm³/mol. The first-order valence-electron chi connectivity index (χ1n) is 8.00. The Morgan fingerprint density at radius 3 is 2.58 bits per heavy atom. The molecule has 2 N–H and O–H groups in total. The van der Waals surface area contributed by atoms with Gasteiger partial charge in [0.05, 0.1) is 30.8 Å².